The van der Waals surface area contributed by atoms with Crippen molar-refractivity contribution in [1.82, 2.24) is 24.8 Å². The summed E-state index contributed by atoms with van der Waals surface area (Å²) >= 11 is 6.21. The number of benzene rings is 1. The maximum atomic E-state index is 13.2. The first-order chi connectivity index (χ1) is 14.9. The van der Waals surface area contributed by atoms with Gasteiger partial charge in [0.25, 0.3) is 5.56 Å². The minimum absolute atomic E-state index is 0.0373. The fourth-order valence-corrected chi connectivity index (χ4v) is 3.66. The van der Waals surface area contributed by atoms with Crippen LogP contribution in [0.15, 0.2) is 29.2 Å². The SMILES string of the molecule is Cc1ccc2nc(C(C#N)C(=O)c3nc(N4CCN(C)CC4)ncc3Cl)[nH]c(=O)c2c1. The first kappa shape index (κ1) is 20.9. The van der Waals surface area contributed by atoms with Crippen molar-refractivity contribution in [3.8, 4) is 6.07 Å². The van der Waals surface area contributed by atoms with Gasteiger partial charge in [-0.05, 0) is 26.1 Å². The Bertz CT molecular complexity index is 1260. The van der Waals surface area contributed by atoms with Gasteiger partial charge in [-0.1, -0.05) is 23.2 Å². The number of nitrogens with one attached hydrogen (secondary N) is 1. The highest BCUT2D eigenvalue weighted by Crippen LogP contribution is 2.24. The fourth-order valence-electron chi connectivity index (χ4n) is 3.48. The lowest BCUT2D eigenvalue weighted by atomic mass is 10.0. The van der Waals surface area contributed by atoms with Gasteiger partial charge in [-0.25, -0.2) is 15.0 Å². The Balaban J connectivity index is 1.70. The van der Waals surface area contributed by atoms with Gasteiger partial charge in [0.05, 0.1) is 28.2 Å². The van der Waals surface area contributed by atoms with E-state index in [1.54, 1.807) is 12.1 Å². The summed E-state index contributed by atoms with van der Waals surface area (Å²) < 4.78 is 0. The second kappa shape index (κ2) is 8.41. The third kappa shape index (κ3) is 4.13. The van der Waals surface area contributed by atoms with E-state index in [2.05, 4.69) is 24.8 Å². The summed E-state index contributed by atoms with van der Waals surface area (Å²) in [7, 11) is 2.03. The molecule has 1 aromatic carbocycles. The van der Waals surface area contributed by atoms with Crippen LogP contribution in [-0.4, -0.2) is 63.8 Å². The van der Waals surface area contributed by atoms with Crippen LogP contribution in [0.25, 0.3) is 10.9 Å². The van der Waals surface area contributed by atoms with Gasteiger partial charge >= 0.3 is 0 Å². The average molecular weight is 438 g/mol. The summed E-state index contributed by atoms with van der Waals surface area (Å²) in [6.45, 7) is 4.98. The van der Waals surface area contributed by atoms with Crippen LogP contribution < -0.4 is 10.5 Å². The minimum Gasteiger partial charge on any atom is -0.338 e. The zero-order valence-corrected chi connectivity index (χ0v) is 17.8. The number of halogens is 1. The van der Waals surface area contributed by atoms with Crippen LogP contribution in [-0.2, 0) is 0 Å². The molecule has 31 heavy (non-hydrogen) atoms. The van der Waals surface area contributed by atoms with E-state index in [0.717, 1.165) is 18.7 Å². The lowest BCUT2D eigenvalue weighted by Crippen LogP contribution is -2.45. The molecule has 10 heteroatoms. The summed E-state index contributed by atoms with van der Waals surface area (Å²) in [4.78, 5) is 45.4. The van der Waals surface area contributed by atoms with Crippen molar-refractivity contribution in [3.63, 3.8) is 0 Å². The topological polar surface area (TPSA) is 119 Å². The largest absolute Gasteiger partial charge is 0.338 e. The van der Waals surface area contributed by atoms with Gasteiger partial charge in [0.1, 0.15) is 11.5 Å². The zero-order chi connectivity index (χ0) is 22.1. The highest BCUT2D eigenvalue weighted by atomic mass is 35.5. The maximum Gasteiger partial charge on any atom is 0.258 e. The van der Waals surface area contributed by atoms with Crippen LogP contribution in [0, 0.1) is 18.3 Å². The molecule has 1 saturated heterocycles. The van der Waals surface area contributed by atoms with E-state index in [0.29, 0.717) is 29.9 Å². The quantitative estimate of drug-likeness (QED) is 0.615. The van der Waals surface area contributed by atoms with Gasteiger partial charge in [-0.2, -0.15) is 5.26 Å². The smallest absolute Gasteiger partial charge is 0.258 e. The molecule has 1 fully saturated rings. The number of Topliss-reactive ketones (excluding diaryl/α,β-unsaturated/α-hetero) is 1. The van der Waals surface area contributed by atoms with Gasteiger partial charge in [0.2, 0.25) is 11.7 Å². The first-order valence-corrected chi connectivity index (χ1v) is 10.2. The van der Waals surface area contributed by atoms with Crippen molar-refractivity contribution in [2.45, 2.75) is 12.8 Å². The zero-order valence-electron chi connectivity index (χ0n) is 17.1. The Hall–Kier alpha value is -3.35. The third-order valence-corrected chi connectivity index (χ3v) is 5.57. The number of ketones is 1. The van der Waals surface area contributed by atoms with E-state index in [1.807, 2.05) is 31.0 Å². The monoisotopic (exact) mass is 437 g/mol. The number of anilines is 1. The minimum atomic E-state index is -1.36. The normalized spacial score (nSPS) is 15.6. The molecule has 1 atom stereocenters. The Morgan fingerprint density at radius 2 is 2.00 bits per heavy atom. The van der Waals surface area contributed by atoms with Gasteiger partial charge in [0, 0.05) is 26.2 Å². The molecule has 3 heterocycles. The number of aryl methyl sites for hydroxylation is 1. The van der Waals surface area contributed by atoms with E-state index in [1.165, 1.54) is 6.20 Å². The molecule has 1 aliphatic heterocycles. The van der Waals surface area contributed by atoms with Crippen LogP contribution >= 0.6 is 11.6 Å². The van der Waals surface area contributed by atoms with Gasteiger partial charge in [-0.3, -0.25) is 9.59 Å². The number of hydrogen-bond acceptors (Lipinski definition) is 8. The Kier molecular flexibility index (Phi) is 5.67. The Morgan fingerprint density at radius 3 is 2.71 bits per heavy atom. The number of likely N-dealkylation sites (N-methyl/N-ethyl adjacent to an activating group) is 1. The predicted molar refractivity (Wildman–Crippen MR) is 117 cm³/mol. The molecule has 0 spiro atoms. The van der Waals surface area contributed by atoms with Crippen LogP contribution in [0.4, 0.5) is 5.95 Å². The highest BCUT2D eigenvalue weighted by molar-refractivity contribution is 6.33. The van der Waals surface area contributed by atoms with Crippen molar-refractivity contribution >= 4 is 34.2 Å². The molecular formula is C21H20ClN7O2. The number of fused-ring (bicyclic) bond motifs is 1. The molecule has 0 amide bonds. The number of rotatable bonds is 4. The molecular weight excluding hydrogens is 418 g/mol. The summed E-state index contributed by atoms with van der Waals surface area (Å²) in [6.07, 6.45) is 1.36. The number of nitrogens with zero attached hydrogens (tertiary/aromatic N) is 6. The molecule has 9 nitrogen and oxygen atoms in total. The van der Waals surface area contributed by atoms with Gasteiger partial charge in [-0.15, -0.1) is 0 Å². The van der Waals surface area contributed by atoms with Crippen molar-refractivity contribution in [3.05, 3.63) is 56.9 Å². The van der Waals surface area contributed by atoms with E-state index in [-0.39, 0.29) is 16.5 Å². The molecule has 0 radical (unpaired) electrons. The molecule has 0 saturated carbocycles. The Labute approximate surface area is 183 Å². The van der Waals surface area contributed by atoms with Crippen LogP contribution in [0.2, 0.25) is 5.02 Å². The number of hydrogen-bond donors (Lipinski definition) is 1. The van der Waals surface area contributed by atoms with Crippen LogP contribution in [0.3, 0.4) is 0 Å². The first-order valence-electron chi connectivity index (χ1n) is 9.78. The van der Waals surface area contributed by atoms with Gasteiger partial charge < -0.3 is 14.8 Å². The number of piperazine rings is 1. The van der Waals surface area contributed by atoms with Gasteiger partial charge in [0.15, 0.2) is 5.92 Å². The highest BCUT2D eigenvalue weighted by Gasteiger charge is 2.29. The summed E-state index contributed by atoms with van der Waals surface area (Å²) in [5.41, 5.74) is 0.835. The second-order valence-corrected chi connectivity index (χ2v) is 7.96. The molecule has 0 aliphatic carbocycles. The number of carbonyl (C=O) groups excluding carboxylic acids is 1. The number of H-pyrrole nitrogens is 1. The van der Waals surface area contributed by atoms with E-state index < -0.39 is 17.3 Å². The van der Waals surface area contributed by atoms with E-state index in [4.69, 9.17) is 11.6 Å². The average Bonchev–Trinajstić information content (AvgIpc) is 2.76. The molecule has 0 bridgehead atoms. The molecule has 1 unspecified atom stereocenters. The molecule has 1 aliphatic rings. The molecule has 1 N–H and O–H groups in total. The number of aromatic nitrogens is 4. The summed E-state index contributed by atoms with van der Waals surface area (Å²) in [5.74, 6) is -1.65. The molecule has 3 aromatic rings. The van der Waals surface area contributed by atoms with Crippen molar-refractivity contribution < 1.29 is 4.79 Å². The van der Waals surface area contributed by atoms with E-state index in [9.17, 15) is 14.9 Å². The number of aromatic amines is 1. The molecule has 2 aromatic heterocycles. The number of nitriles is 1. The second-order valence-electron chi connectivity index (χ2n) is 7.56. The standard InChI is InChI=1S/C21H20ClN7O2/c1-12-3-4-16-13(9-12)20(31)27-19(25-16)14(10-23)18(30)17-15(22)11-24-21(26-17)29-7-5-28(2)6-8-29/h3-4,9,11,14H,5-8H2,1-2H3,(H,25,27,31). The molecule has 4 rings (SSSR count). The maximum absolute atomic E-state index is 13.2. The summed E-state index contributed by atoms with van der Waals surface area (Å²) in [6, 6.07) is 7.13. The van der Waals surface area contributed by atoms with Crippen molar-refractivity contribution in [2.75, 3.05) is 38.1 Å². The summed E-state index contributed by atoms with van der Waals surface area (Å²) in [5, 5.41) is 10.2. The lowest BCUT2D eigenvalue weighted by molar-refractivity contribution is 0.0971. The predicted octanol–water partition coefficient (Wildman–Crippen LogP) is 1.92. The third-order valence-electron chi connectivity index (χ3n) is 5.29. The van der Waals surface area contributed by atoms with Crippen molar-refractivity contribution in [2.24, 2.45) is 0 Å². The fraction of sp³-hybridized carbons (Fsp3) is 0.333. The number of carbonyl (C=O) groups is 1. The molecule has 158 valence electrons. The van der Waals surface area contributed by atoms with Crippen molar-refractivity contribution in [1.29, 1.82) is 5.26 Å². The van der Waals surface area contributed by atoms with E-state index >= 15 is 0 Å². The van der Waals surface area contributed by atoms with Crippen LogP contribution in [0.1, 0.15) is 27.8 Å². The Morgan fingerprint density at radius 1 is 1.26 bits per heavy atom. The lowest BCUT2D eigenvalue weighted by Gasteiger charge is -2.32. The van der Waals surface area contributed by atoms with Crippen LogP contribution in [0.5, 0.6) is 0 Å².